The van der Waals surface area contributed by atoms with Crippen molar-refractivity contribution in [3.05, 3.63) is 91.8 Å². The van der Waals surface area contributed by atoms with Crippen LogP contribution < -0.4 is 20.4 Å². The third kappa shape index (κ3) is 4.38. The summed E-state index contributed by atoms with van der Waals surface area (Å²) in [6.45, 7) is 2.66. The second-order valence-corrected chi connectivity index (χ2v) is 10.3. The van der Waals surface area contributed by atoms with Crippen molar-refractivity contribution in [2.24, 2.45) is 0 Å². The molecule has 10 heteroatoms. The minimum absolute atomic E-state index is 0.0209. The molecule has 38 heavy (non-hydrogen) atoms. The van der Waals surface area contributed by atoms with Crippen molar-refractivity contribution in [3.63, 3.8) is 0 Å². The summed E-state index contributed by atoms with van der Waals surface area (Å²) in [6.07, 6.45) is 4.87. The van der Waals surface area contributed by atoms with Gasteiger partial charge in [0.2, 0.25) is 11.3 Å². The van der Waals surface area contributed by atoms with E-state index >= 15 is 0 Å². The first kappa shape index (κ1) is 24.7. The number of pyridine rings is 2. The minimum atomic E-state index is -1.28. The molecule has 0 saturated carbocycles. The predicted octanol–water partition coefficient (Wildman–Crippen LogP) is 5.04. The van der Waals surface area contributed by atoms with Crippen LogP contribution in [0.25, 0.3) is 16.6 Å². The fourth-order valence-corrected chi connectivity index (χ4v) is 5.78. The van der Waals surface area contributed by atoms with Gasteiger partial charge in [0.1, 0.15) is 17.2 Å². The summed E-state index contributed by atoms with van der Waals surface area (Å²) < 4.78 is 7.71. The Morgan fingerprint density at radius 3 is 2.79 bits per heavy atom. The Labute approximate surface area is 228 Å². The standard InChI is InChI=1S/C28H24Cl2N4O4/c29-22-4-1-7-32-27(22)38-15-19-3-2-8-33(19)25-11-24-20(10-23(25)30)26(35)21(28(36)37)14-34(24)18-6-5-16-12-31-13-17(16)9-18/h1,4-7,9-11,14,19,31H,2-3,8,12-13,15H2,(H,36,37)/t19-/m1/s1. The lowest BCUT2D eigenvalue weighted by atomic mass is 10.1. The van der Waals surface area contributed by atoms with Gasteiger partial charge in [-0.15, -0.1) is 0 Å². The Bertz CT molecular complexity index is 1640. The van der Waals surface area contributed by atoms with Crippen LogP contribution in [-0.2, 0) is 13.1 Å². The molecule has 8 nitrogen and oxygen atoms in total. The van der Waals surface area contributed by atoms with Crippen LogP contribution in [0.2, 0.25) is 10.0 Å². The van der Waals surface area contributed by atoms with Gasteiger partial charge in [-0.05, 0) is 60.4 Å². The first-order valence-corrected chi connectivity index (χ1v) is 13.1. The molecule has 4 aromatic rings. The molecule has 4 heterocycles. The average Bonchev–Trinajstić information content (AvgIpc) is 3.57. The molecule has 2 N–H and O–H groups in total. The highest BCUT2D eigenvalue weighted by Crippen LogP contribution is 2.36. The van der Waals surface area contributed by atoms with Crippen LogP contribution in [0.4, 0.5) is 5.69 Å². The summed E-state index contributed by atoms with van der Waals surface area (Å²) in [4.78, 5) is 31.5. The molecule has 1 fully saturated rings. The number of rotatable bonds is 6. The second-order valence-electron chi connectivity index (χ2n) is 9.52. The lowest BCUT2D eigenvalue weighted by Gasteiger charge is -2.28. The molecule has 0 spiro atoms. The number of hydrogen-bond donors (Lipinski definition) is 2. The van der Waals surface area contributed by atoms with Crippen molar-refractivity contribution >= 4 is 45.8 Å². The average molecular weight is 551 g/mol. The van der Waals surface area contributed by atoms with Crippen molar-refractivity contribution in [3.8, 4) is 11.6 Å². The van der Waals surface area contributed by atoms with E-state index < -0.39 is 11.4 Å². The van der Waals surface area contributed by atoms with Gasteiger partial charge >= 0.3 is 5.97 Å². The van der Waals surface area contributed by atoms with E-state index in [9.17, 15) is 14.7 Å². The summed E-state index contributed by atoms with van der Waals surface area (Å²) in [5.74, 6) is -0.898. The molecule has 194 valence electrons. The monoisotopic (exact) mass is 550 g/mol. The predicted molar refractivity (Wildman–Crippen MR) is 147 cm³/mol. The number of ether oxygens (including phenoxy) is 1. The summed E-state index contributed by atoms with van der Waals surface area (Å²) in [5.41, 5.74) is 3.60. The van der Waals surface area contributed by atoms with Gasteiger partial charge in [-0.3, -0.25) is 4.79 Å². The third-order valence-corrected chi connectivity index (χ3v) is 7.82. The Balaban J connectivity index is 1.44. The van der Waals surface area contributed by atoms with E-state index in [0.717, 1.165) is 49.4 Å². The van der Waals surface area contributed by atoms with E-state index in [0.29, 0.717) is 28.0 Å². The number of halogens is 2. The number of nitrogens with zero attached hydrogens (tertiary/aromatic N) is 3. The normalized spacial score (nSPS) is 16.7. The van der Waals surface area contributed by atoms with Gasteiger partial charge < -0.3 is 24.6 Å². The van der Waals surface area contributed by atoms with Crippen molar-refractivity contribution in [2.75, 3.05) is 18.1 Å². The molecule has 0 amide bonds. The van der Waals surface area contributed by atoms with Crippen molar-refractivity contribution in [1.82, 2.24) is 14.9 Å². The topological polar surface area (TPSA) is 96.7 Å². The quantitative estimate of drug-likeness (QED) is 0.347. The van der Waals surface area contributed by atoms with Gasteiger partial charge in [0.25, 0.3) is 0 Å². The van der Waals surface area contributed by atoms with Gasteiger partial charge in [0, 0.05) is 43.1 Å². The van der Waals surface area contributed by atoms with Crippen molar-refractivity contribution in [2.45, 2.75) is 32.0 Å². The smallest absolute Gasteiger partial charge is 0.341 e. The number of nitrogens with one attached hydrogen (secondary N) is 1. The van der Waals surface area contributed by atoms with E-state index in [-0.39, 0.29) is 17.0 Å². The zero-order valence-corrected chi connectivity index (χ0v) is 21.8. The fourth-order valence-electron chi connectivity index (χ4n) is 5.33. The fraction of sp³-hybridized carbons (Fsp3) is 0.250. The Morgan fingerprint density at radius 1 is 1.13 bits per heavy atom. The molecule has 0 bridgehead atoms. The maximum absolute atomic E-state index is 13.2. The first-order chi connectivity index (χ1) is 18.4. The number of hydrogen-bond acceptors (Lipinski definition) is 6. The van der Waals surface area contributed by atoms with Crippen LogP contribution in [-0.4, -0.2) is 39.8 Å². The number of aromatic nitrogens is 2. The lowest BCUT2D eigenvalue weighted by molar-refractivity contribution is 0.0695. The zero-order chi connectivity index (χ0) is 26.4. The molecule has 0 radical (unpaired) electrons. The Kier molecular flexibility index (Phi) is 6.47. The highest BCUT2D eigenvalue weighted by Gasteiger charge is 2.29. The SMILES string of the molecule is O=C(O)c1cn(-c2ccc3c(c2)CNC3)c2cc(N3CCC[C@@H]3COc3ncccc3Cl)c(Cl)cc2c1=O. The van der Waals surface area contributed by atoms with E-state index in [1.165, 1.54) is 11.8 Å². The van der Waals surface area contributed by atoms with Crippen molar-refractivity contribution in [1.29, 1.82) is 0 Å². The molecular formula is C28H24Cl2N4O4. The third-order valence-electron chi connectivity index (χ3n) is 7.23. The van der Waals surface area contributed by atoms with Gasteiger partial charge in [0.15, 0.2) is 0 Å². The van der Waals surface area contributed by atoms with Crippen LogP contribution in [0, 0.1) is 0 Å². The largest absolute Gasteiger partial charge is 0.477 e. The molecule has 2 aliphatic heterocycles. The zero-order valence-electron chi connectivity index (χ0n) is 20.3. The molecule has 6 rings (SSSR count). The number of fused-ring (bicyclic) bond motifs is 2. The summed E-state index contributed by atoms with van der Waals surface area (Å²) in [5, 5.41) is 14.2. The Morgan fingerprint density at radius 2 is 1.97 bits per heavy atom. The maximum atomic E-state index is 13.2. The number of aromatic carboxylic acids is 1. The van der Waals surface area contributed by atoms with E-state index in [1.807, 2.05) is 24.3 Å². The molecule has 2 aromatic carbocycles. The van der Waals surface area contributed by atoms with Gasteiger partial charge in [-0.1, -0.05) is 29.3 Å². The molecular weight excluding hydrogens is 527 g/mol. The van der Waals surface area contributed by atoms with Crippen LogP contribution >= 0.6 is 23.2 Å². The van der Waals surface area contributed by atoms with Gasteiger partial charge in [-0.2, -0.15) is 0 Å². The van der Waals surface area contributed by atoms with Crippen LogP contribution in [0.1, 0.15) is 34.3 Å². The van der Waals surface area contributed by atoms with Gasteiger partial charge in [0.05, 0.1) is 22.3 Å². The molecule has 1 atom stereocenters. The van der Waals surface area contributed by atoms with E-state index in [4.69, 9.17) is 27.9 Å². The highest BCUT2D eigenvalue weighted by atomic mass is 35.5. The molecule has 0 aliphatic carbocycles. The number of benzene rings is 2. The number of carboxylic acids is 1. The molecule has 1 saturated heterocycles. The number of carbonyl (C=O) groups is 1. The number of carboxylic acid groups (broad SMARTS) is 1. The van der Waals surface area contributed by atoms with Gasteiger partial charge in [-0.25, -0.2) is 9.78 Å². The van der Waals surface area contributed by atoms with Crippen LogP contribution in [0.15, 0.2) is 59.7 Å². The summed E-state index contributed by atoms with van der Waals surface area (Å²) >= 11 is 13.0. The summed E-state index contributed by atoms with van der Waals surface area (Å²) in [6, 6.07) is 13.0. The molecule has 2 aromatic heterocycles. The summed E-state index contributed by atoms with van der Waals surface area (Å²) in [7, 11) is 0. The van der Waals surface area contributed by atoms with Crippen molar-refractivity contribution < 1.29 is 14.6 Å². The lowest BCUT2D eigenvalue weighted by Crippen LogP contribution is -2.34. The second kappa shape index (κ2) is 9.94. The van der Waals surface area contributed by atoms with E-state index in [1.54, 1.807) is 29.0 Å². The van der Waals surface area contributed by atoms with E-state index in [2.05, 4.69) is 15.2 Å². The number of anilines is 1. The first-order valence-electron chi connectivity index (χ1n) is 12.4. The van der Waals surface area contributed by atoms with Crippen LogP contribution in [0.3, 0.4) is 0 Å². The Hall–Kier alpha value is -3.59. The van der Waals surface area contributed by atoms with Crippen LogP contribution in [0.5, 0.6) is 5.88 Å². The molecule has 0 unspecified atom stereocenters. The molecule has 2 aliphatic rings. The maximum Gasteiger partial charge on any atom is 0.341 e. The minimum Gasteiger partial charge on any atom is -0.477 e. The highest BCUT2D eigenvalue weighted by molar-refractivity contribution is 6.34.